The number of nitrogens with one attached hydrogen (secondary N) is 1. The summed E-state index contributed by atoms with van der Waals surface area (Å²) in [5.41, 5.74) is -0.331. The number of aliphatic hydroxyl groups is 1. The molecule has 0 heterocycles. The first kappa shape index (κ1) is 13.7. The molecule has 96 valence electrons. The lowest BCUT2D eigenvalue weighted by Crippen LogP contribution is -2.49. The van der Waals surface area contributed by atoms with Gasteiger partial charge in [0.2, 0.25) is 5.91 Å². The maximum Gasteiger partial charge on any atom is 0.331 e. The van der Waals surface area contributed by atoms with E-state index in [0.717, 1.165) is 25.7 Å². The van der Waals surface area contributed by atoms with Crippen molar-refractivity contribution in [1.29, 1.82) is 0 Å². The van der Waals surface area contributed by atoms with Crippen LogP contribution in [0.4, 0.5) is 0 Å². The summed E-state index contributed by atoms with van der Waals surface area (Å²) in [6.07, 6.45) is 3.44. The van der Waals surface area contributed by atoms with E-state index in [2.05, 4.69) is 5.32 Å². The molecule has 0 atom stereocenters. The summed E-state index contributed by atoms with van der Waals surface area (Å²) in [7, 11) is 0. The maximum absolute atomic E-state index is 11.9. The number of amides is 1. The molecule has 0 saturated heterocycles. The quantitative estimate of drug-likeness (QED) is 0.636. The van der Waals surface area contributed by atoms with E-state index in [-0.39, 0.29) is 17.8 Å². The van der Waals surface area contributed by atoms with Crippen LogP contribution in [0, 0.1) is 0 Å². The van der Waals surface area contributed by atoms with Crippen molar-refractivity contribution in [3.05, 3.63) is 11.1 Å². The second-order valence-electron chi connectivity index (χ2n) is 4.65. The molecule has 5 nitrogen and oxygen atoms in total. The molecular weight excluding hydrogens is 222 g/mol. The highest BCUT2D eigenvalue weighted by atomic mass is 16.4. The van der Waals surface area contributed by atoms with E-state index in [1.165, 1.54) is 13.8 Å². The fourth-order valence-corrected chi connectivity index (χ4v) is 2.04. The summed E-state index contributed by atoms with van der Waals surface area (Å²) in [4.78, 5) is 22.6. The maximum atomic E-state index is 11.9. The van der Waals surface area contributed by atoms with Gasteiger partial charge in [-0.15, -0.1) is 0 Å². The van der Waals surface area contributed by atoms with E-state index >= 15 is 0 Å². The lowest BCUT2D eigenvalue weighted by atomic mass is 9.98. The van der Waals surface area contributed by atoms with Crippen LogP contribution >= 0.6 is 0 Å². The first-order chi connectivity index (χ1) is 7.92. The Morgan fingerprint density at radius 1 is 1.18 bits per heavy atom. The van der Waals surface area contributed by atoms with Crippen molar-refractivity contribution < 1.29 is 19.8 Å². The van der Waals surface area contributed by atoms with E-state index in [1.807, 2.05) is 0 Å². The minimum Gasteiger partial charge on any atom is -0.478 e. The van der Waals surface area contributed by atoms with E-state index in [4.69, 9.17) is 5.11 Å². The fourth-order valence-electron chi connectivity index (χ4n) is 2.04. The molecule has 3 N–H and O–H groups in total. The zero-order valence-electron chi connectivity index (χ0n) is 10.2. The Kier molecular flexibility index (Phi) is 4.28. The number of aliphatic hydroxyl groups excluding tert-OH is 1. The number of carboxylic acids is 1. The molecule has 1 fully saturated rings. The Morgan fingerprint density at radius 3 is 2.12 bits per heavy atom. The van der Waals surface area contributed by atoms with Crippen LogP contribution in [0.3, 0.4) is 0 Å². The van der Waals surface area contributed by atoms with E-state index in [1.54, 1.807) is 0 Å². The van der Waals surface area contributed by atoms with Gasteiger partial charge in [-0.1, -0.05) is 12.8 Å². The molecule has 0 bridgehead atoms. The van der Waals surface area contributed by atoms with Crippen LogP contribution in [0.25, 0.3) is 0 Å². The van der Waals surface area contributed by atoms with Crippen molar-refractivity contribution in [2.24, 2.45) is 0 Å². The first-order valence-corrected chi connectivity index (χ1v) is 5.76. The average molecular weight is 241 g/mol. The van der Waals surface area contributed by atoms with Crippen molar-refractivity contribution in [2.45, 2.75) is 45.1 Å². The second-order valence-corrected chi connectivity index (χ2v) is 4.65. The van der Waals surface area contributed by atoms with Crippen LogP contribution in [0.5, 0.6) is 0 Å². The molecular formula is C12H19NO4. The van der Waals surface area contributed by atoms with Crippen molar-refractivity contribution in [3.8, 4) is 0 Å². The summed E-state index contributed by atoms with van der Waals surface area (Å²) in [5, 5.41) is 20.9. The Labute approximate surface area is 101 Å². The van der Waals surface area contributed by atoms with Gasteiger partial charge in [0.1, 0.15) is 0 Å². The molecule has 0 spiro atoms. The van der Waals surface area contributed by atoms with Gasteiger partial charge in [-0.05, 0) is 26.7 Å². The fraction of sp³-hybridized carbons (Fsp3) is 0.667. The predicted octanol–water partition coefficient (Wildman–Crippen LogP) is 0.829. The van der Waals surface area contributed by atoms with Crippen LogP contribution in [-0.4, -0.2) is 34.2 Å². The number of hydrogen-bond acceptors (Lipinski definition) is 3. The van der Waals surface area contributed by atoms with Crippen molar-refractivity contribution in [3.63, 3.8) is 0 Å². The van der Waals surface area contributed by atoms with Gasteiger partial charge >= 0.3 is 5.97 Å². The number of carbonyl (C=O) groups excluding carboxylic acids is 1. The van der Waals surface area contributed by atoms with Gasteiger partial charge in [-0.2, -0.15) is 0 Å². The van der Waals surface area contributed by atoms with Gasteiger partial charge in [-0.3, -0.25) is 4.79 Å². The van der Waals surface area contributed by atoms with Crippen molar-refractivity contribution in [1.82, 2.24) is 5.32 Å². The Hall–Kier alpha value is -1.36. The number of aliphatic carboxylic acids is 1. The van der Waals surface area contributed by atoms with Crippen LogP contribution in [0.2, 0.25) is 0 Å². The third-order valence-corrected chi connectivity index (χ3v) is 3.47. The summed E-state index contributed by atoms with van der Waals surface area (Å²) < 4.78 is 0. The summed E-state index contributed by atoms with van der Waals surface area (Å²) in [6.45, 7) is 2.79. The lowest BCUT2D eigenvalue weighted by Gasteiger charge is -2.28. The highest BCUT2D eigenvalue weighted by Crippen LogP contribution is 2.29. The Bertz CT molecular complexity index is 354. The molecule has 0 unspecified atom stereocenters. The Balaban J connectivity index is 2.78. The third kappa shape index (κ3) is 3.06. The van der Waals surface area contributed by atoms with Gasteiger partial charge in [0.05, 0.1) is 12.1 Å². The first-order valence-electron chi connectivity index (χ1n) is 5.76. The molecule has 0 aromatic carbocycles. The molecule has 1 aliphatic carbocycles. The van der Waals surface area contributed by atoms with E-state index in [9.17, 15) is 14.7 Å². The molecule has 0 radical (unpaired) electrons. The minimum absolute atomic E-state index is 0.0357. The minimum atomic E-state index is -1.10. The SMILES string of the molecule is CC(C(=O)O)=C(C)C(=O)NC1(CO)CCCC1. The highest BCUT2D eigenvalue weighted by Gasteiger charge is 2.35. The van der Waals surface area contributed by atoms with Crippen LogP contribution < -0.4 is 5.32 Å². The summed E-state index contributed by atoms with van der Waals surface area (Å²) >= 11 is 0. The summed E-state index contributed by atoms with van der Waals surface area (Å²) in [5.74, 6) is -1.50. The smallest absolute Gasteiger partial charge is 0.331 e. The zero-order valence-corrected chi connectivity index (χ0v) is 10.2. The molecule has 1 amide bonds. The monoisotopic (exact) mass is 241 g/mol. The normalized spacial score (nSPS) is 19.7. The summed E-state index contributed by atoms with van der Waals surface area (Å²) in [6, 6.07) is 0. The molecule has 1 saturated carbocycles. The topological polar surface area (TPSA) is 86.6 Å². The largest absolute Gasteiger partial charge is 0.478 e. The van der Waals surface area contributed by atoms with Gasteiger partial charge in [0.15, 0.2) is 0 Å². The predicted molar refractivity (Wildman–Crippen MR) is 62.4 cm³/mol. The van der Waals surface area contributed by atoms with Crippen molar-refractivity contribution in [2.75, 3.05) is 6.61 Å². The number of carboxylic acid groups (broad SMARTS) is 1. The number of hydrogen-bond donors (Lipinski definition) is 3. The molecule has 1 aliphatic rings. The van der Waals surface area contributed by atoms with Gasteiger partial charge in [0.25, 0.3) is 0 Å². The van der Waals surface area contributed by atoms with Crippen LogP contribution in [0.15, 0.2) is 11.1 Å². The average Bonchev–Trinajstić information content (AvgIpc) is 2.76. The molecule has 5 heteroatoms. The molecule has 0 aromatic heterocycles. The number of rotatable bonds is 4. The van der Waals surface area contributed by atoms with E-state index in [0.29, 0.717) is 0 Å². The number of carbonyl (C=O) groups is 2. The second kappa shape index (κ2) is 5.31. The van der Waals surface area contributed by atoms with E-state index < -0.39 is 17.4 Å². The molecule has 17 heavy (non-hydrogen) atoms. The van der Waals surface area contributed by atoms with Gasteiger partial charge < -0.3 is 15.5 Å². The third-order valence-electron chi connectivity index (χ3n) is 3.47. The lowest BCUT2D eigenvalue weighted by molar-refractivity contribution is -0.133. The standard InChI is InChI=1S/C12H19NO4/c1-8(9(2)11(16)17)10(15)13-12(7-14)5-3-4-6-12/h14H,3-7H2,1-2H3,(H,13,15)(H,16,17). The van der Waals surface area contributed by atoms with Gasteiger partial charge in [-0.25, -0.2) is 4.79 Å². The van der Waals surface area contributed by atoms with Crippen LogP contribution in [-0.2, 0) is 9.59 Å². The molecule has 1 rings (SSSR count). The van der Waals surface area contributed by atoms with Crippen LogP contribution in [0.1, 0.15) is 39.5 Å². The van der Waals surface area contributed by atoms with Crippen molar-refractivity contribution >= 4 is 11.9 Å². The Morgan fingerprint density at radius 2 is 1.71 bits per heavy atom. The molecule has 0 aliphatic heterocycles. The highest BCUT2D eigenvalue weighted by molar-refractivity contribution is 6.01. The molecule has 0 aromatic rings. The zero-order chi connectivity index (χ0) is 13.1. The van der Waals surface area contributed by atoms with Gasteiger partial charge in [0, 0.05) is 11.1 Å².